The average Bonchev–Trinajstić information content (AvgIpc) is 3.28. The van der Waals surface area contributed by atoms with Gasteiger partial charge >= 0.3 is 6.18 Å². The van der Waals surface area contributed by atoms with Gasteiger partial charge in [0.25, 0.3) is 0 Å². The first-order valence-electron chi connectivity index (χ1n) is 11.9. The molecule has 2 N–H and O–H groups in total. The van der Waals surface area contributed by atoms with Crippen LogP contribution < -0.4 is 10.6 Å². The molecule has 36 heavy (non-hydrogen) atoms. The Morgan fingerprint density at radius 2 is 1.78 bits per heavy atom. The van der Waals surface area contributed by atoms with E-state index in [1.807, 2.05) is 12.1 Å². The Labute approximate surface area is 221 Å². The van der Waals surface area contributed by atoms with Gasteiger partial charge in [-0.2, -0.15) is 13.2 Å². The summed E-state index contributed by atoms with van der Waals surface area (Å²) in [5.74, 6) is 0.436. The van der Waals surface area contributed by atoms with Gasteiger partial charge in [0.1, 0.15) is 6.04 Å². The minimum absolute atomic E-state index is 0.0473. The maximum Gasteiger partial charge on any atom is 0.407 e. The van der Waals surface area contributed by atoms with Crippen molar-refractivity contribution in [1.29, 1.82) is 0 Å². The topological polar surface area (TPSA) is 49.8 Å². The molecular formula is C27H25BrClF3N4. The predicted octanol–water partition coefficient (Wildman–Crippen LogP) is 7.50. The predicted molar refractivity (Wildman–Crippen MR) is 140 cm³/mol. The standard InChI is InChI=1S/C27H25BrClF3N4/c28-18-11-8-17(9-12-18)25(27(30,31)32)34-19-5-3-6-20(14-19)35-26-33-15-23(29)24(36-26)22-13-10-16-4-1-2-7-21(16)22/h1-2,4,7-9,11-13,15,19-20,25,34H,3,5-6,10,14H2,(H,33,35,36)/t19-,20+,25+/m0/s1. The van der Waals surface area contributed by atoms with Crippen LogP contribution >= 0.6 is 27.5 Å². The van der Waals surface area contributed by atoms with Gasteiger partial charge in [0.05, 0.1) is 16.9 Å². The van der Waals surface area contributed by atoms with Gasteiger partial charge in [-0.3, -0.25) is 5.32 Å². The van der Waals surface area contributed by atoms with Crippen molar-refractivity contribution in [2.45, 2.75) is 56.4 Å². The number of fused-ring (bicyclic) bond motifs is 1. The van der Waals surface area contributed by atoms with Crippen molar-refractivity contribution < 1.29 is 13.2 Å². The van der Waals surface area contributed by atoms with Crippen LogP contribution in [0.15, 0.2) is 65.3 Å². The fraction of sp³-hybridized carbons (Fsp3) is 0.333. The summed E-state index contributed by atoms with van der Waals surface area (Å²) in [6.07, 6.45) is 2.98. The van der Waals surface area contributed by atoms with Gasteiger partial charge in [0.15, 0.2) is 0 Å². The first kappa shape index (κ1) is 25.2. The SMILES string of the molecule is FC(F)(F)[C@H](N[C@H]1CCC[C@@H](Nc2ncc(Cl)c(C3=CCc4ccccc43)n2)C1)c1ccc(Br)cc1. The summed E-state index contributed by atoms with van der Waals surface area (Å²) < 4.78 is 42.5. The van der Waals surface area contributed by atoms with Crippen molar-refractivity contribution in [2.75, 3.05) is 5.32 Å². The third kappa shape index (κ3) is 5.61. The summed E-state index contributed by atoms with van der Waals surface area (Å²) in [6.45, 7) is 0. The number of allylic oxidation sites excluding steroid dienone is 1. The van der Waals surface area contributed by atoms with Crippen molar-refractivity contribution >= 4 is 39.1 Å². The fourth-order valence-corrected chi connectivity index (χ4v) is 5.52. The minimum Gasteiger partial charge on any atom is -0.351 e. The van der Waals surface area contributed by atoms with E-state index >= 15 is 0 Å². The number of aromatic nitrogens is 2. The molecule has 1 fully saturated rings. The Hall–Kier alpha value is -2.42. The van der Waals surface area contributed by atoms with Crippen LogP contribution in [0.5, 0.6) is 0 Å². The molecule has 0 radical (unpaired) electrons. The van der Waals surface area contributed by atoms with E-state index < -0.39 is 12.2 Å². The van der Waals surface area contributed by atoms with Gasteiger partial charge in [-0.25, -0.2) is 9.97 Å². The number of halogens is 5. The number of nitrogens with zero attached hydrogens (tertiary/aromatic N) is 2. The van der Waals surface area contributed by atoms with Crippen LogP contribution in [-0.2, 0) is 6.42 Å². The quantitative estimate of drug-likeness (QED) is 0.319. The second-order valence-corrected chi connectivity index (χ2v) is 10.6. The Morgan fingerprint density at radius 3 is 2.56 bits per heavy atom. The third-order valence-corrected chi connectivity index (χ3v) is 7.58. The van der Waals surface area contributed by atoms with Crippen molar-refractivity contribution in [2.24, 2.45) is 0 Å². The molecule has 5 rings (SSSR count). The van der Waals surface area contributed by atoms with Crippen LogP contribution in [0.25, 0.3) is 5.57 Å². The minimum atomic E-state index is -4.40. The zero-order valence-corrected chi connectivity index (χ0v) is 21.7. The van der Waals surface area contributed by atoms with Crippen molar-refractivity contribution in [3.63, 3.8) is 0 Å². The zero-order valence-electron chi connectivity index (χ0n) is 19.3. The van der Waals surface area contributed by atoms with Crippen LogP contribution in [0.4, 0.5) is 19.1 Å². The monoisotopic (exact) mass is 576 g/mol. The molecular weight excluding hydrogens is 553 g/mol. The highest BCUT2D eigenvalue weighted by Gasteiger charge is 2.42. The smallest absolute Gasteiger partial charge is 0.351 e. The van der Waals surface area contributed by atoms with Crippen LogP contribution in [0.3, 0.4) is 0 Å². The summed E-state index contributed by atoms with van der Waals surface area (Å²) in [5.41, 5.74) is 4.18. The highest BCUT2D eigenvalue weighted by atomic mass is 79.9. The molecule has 2 aliphatic carbocycles. The lowest BCUT2D eigenvalue weighted by Gasteiger charge is -2.34. The van der Waals surface area contributed by atoms with E-state index in [1.165, 1.54) is 17.7 Å². The molecule has 1 heterocycles. The maximum atomic E-state index is 13.9. The van der Waals surface area contributed by atoms with Crippen molar-refractivity contribution in [1.82, 2.24) is 15.3 Å². The summed E-state index contributed by atoms with van der Waals surface area (Å²) in [6, 6.07) is 12.4. The van der Waals surface area contributed by atoms with Gasteiger partial charge in [-0.1, -0.05) is 70.0 Å². The lowest BCUT2D eigenvalue weighted by molar-refractivity contribution is -0.160. The highest BCUT2D eigenvalue weighted by Crippen LogP contribution is 2.37. The molecule has 0 spiro atoms. The number of benzene rings is 2. The van der Waals surface area contributed by atoms with E-state index in [4.69, 9.17) is 16.6 Å². The molecule has 3 atom stereocenters. The van der Waals surface area contributed by atoms with Crippen molar-refractivity contribution in [3.8, 4) is 0 Å². The van der Waals surface area contributed by atoms with Gasteiger partial charge in [0.2, 0.25) is 5.95 Å². The number of alkyl halides is 3. The first-order chi connectivity index (χ1) is 17.3. The molecule has 3 aromatic rings. The normalized spacial score (nSPS) is 20.5. The Bertz CT molecular complexity index is 1260. The number of anilines is 1. The molecule has 0 amide bonds. The molecule has 0 aliphatic heterocycles. The zero-order chi connectivity index (χ0) is 25.3. The van der Waals surface area contributed by atoms with E-state index in [9.17, 15) is 13.2 Å². The summed E-state index contributed by atoms with van der Waals surface area (Å²) in [4.78, 5) is 9.06. The van der Waals surface area contributed by atoms with E-state index in [0.717, 1.165) is 34.9 Å². The van der Waals surface area contributed by atoms with Crippen LogP contribution in [-0.4, -0.2) is 28.2 Å². The van der Waals surface area contributed by atoms with E-state index in [-0.39, 0.29) is 17.6 Å². The Balaban J connectivity index is 1.29. The third-order valence-electron chi connectivity index (χ3n) is 6.77. The first-order valence-corrected chi connectivity index (χ1v) is 13.1. The summed E-state index contributed by atoms with van der Waals surface area (Å²) in [7, 11) is 0. The fourth-order valence-electron chi connectivity index (χ4n) is 5.06. The van der Waals surface area contributed by atoms with Crippen molar-refractivity contribution in [3.05, 3.63) is 92.7 Å². The molecule has 1 saturated carbocycles. The second kappa shape index (κ2) is 10.5. The number of hydrogen-bond donors (Lipinski definition) is 2. The molecule has 1 aromatic heterocycles. The van der Waals surface area contributed by atoms with Gasteiger partial charge in [-0.05, 0) is 60.9 Å². The number of rotatable bonds is 6. The average molecular weight is 578 g/mol. The van der Waals surface area contributed by atoms with Gasteiger partial charge in [0, 0.05) is 22.1 Å². The Kier molecular flexibility index (Phi) is 7.37. The summed E-state index contributed by atoms with van der Waals surface area (Å²) >= 11 is 9.75. The largest absolute Gasteiger partial charge is 0.407 e. The lowest BCUT2D eigenvalue weighted by Crippen LogP contribution is -2.45. The second-order valence-electron chi connectivity index (χ2n) is 9.27. The number of nitrogens with one attached hydrogen (secondary N) is 2. The van der Waals surface area contributed by atoms with Gasteiger partial charge < -0.3 is 5.32 Å². The molecule has 9 heteroatoms. The van der Waals surface area contributed by atoms with Crippen LogP contribution in [0, 0.1) is 0 Å². The van der Waals surface area contributed by atoms with E-state index in [1.54, 1.807) is 18.3 Å². The molecule has 0 saturated heterocycles. The molecule has 188 valence electrons. The molecule has 4 nitrogen and oxygen atoms in total. The maximum absolute atomic E-state index is 13.9. The molecule has 0 unspecified atom stereocenters. The highest BCUT2D eigenvalue weighted by molar-refractivity contribution is 9.10. The van der Waals surface area contributed by atoms with E-state index in [2.05, 4.69) is 49.8 Å². The summed E-state index contributed by atoms with van der Waals surface area (Å²) in [5, 5.41) is 6.69. The van der Waals surface area contributed by atoms with Crippen LogP contribution in [0.2, 0.25) is 5.02 Å². The Morgan fingerprint density at radius 1 is 1.03 bits per heavy atom. The molecule has 2 aliphatic rings. The lowest BCUT2D eigenvalue weighted by atomic mass is 9.90. The number of hydrogen-bond acceptors (Lipinski definition) is 4. The van der Waals surface area contributed by atoms with Crippen LogP contribution in [0.1, 0.15) is 54.1 Å². The molecule has 2 aromatic carbocycles. The molecule has 0 bridgehead atoms. The van der Waals surface area contributed by atoms with Gasteiger partial charge in [-0.15, -0.1) is 0 Å². The van der Waals surface area contributed by atoms with E-state index in [0.29, 0.717) is 29.5 Å².